The molecule has 4 rings (SSSR count). The molecule has 1 aromatic carbocycles. The van der Waals surface area contributed by atoms with Crippen molar-refractivity contribution in [3.05, 3.63) is 35.5 Å². The highest BCUT2D eigenvalue weighted by molar-refractivity contribution is 5.87. The lowest BCUT2D eigenvalue weighted by atomic mass is 10.1. The van der Waals surface area contributed by atoms with Crippen molar-refractivity contribution >= 4 is 16.8 Å². The van der Waals surface area contributed by atoms with Crippen molar-refractivity contribution in [2.45, 2.75) is 71.2 Å². The predicted octanol–water partition coefficient (Wildman–Crippen LogP) is 3.62. The van der Waals surface area contributed by atoms with Crippen LogP contribution >= 0.6 is 0 Å². The predicted molar refractivity (Wildman–Crippen MR) is 112 cm³/mol. The average Bonchev–Trinajstić information content (AvgIpc) is 3.48. The Hall–Kier alpha value is -1.85. The SMILES string of the molecule is CCCO[C@@H]1CCCN(Cc2c(C)n(CC(=O)NC3CC3)c3ccccc23)C1. The van der Waals surface area contributed by atoms with E-state index in [1.165, 1.54) is 29.5 Å². The maximum atomic E-state index is 12.4. The van der Waals surface area contributed by atoms with Crippen molar-refractivity contribution in [3.8, 4) is 0 Å². The first-order valence-corrected chi connectivity index (χ1v) is 10.9. The first-order valence-electron chi connectivity index (χ1n) is 10.9. The topological polar surface area (TPSA) is 46.5 Å². The van der Waals surface area contributed by atoms with Gasteiger partial charge in [0.1, 0.15) is 6.54 Å². The number of ether oxygens (including phenoxy) is 1. The number of rotatable bonds is 8. The number of hydrogen-bond donors (Lipinski definition) is 1. The molecule has 1 saturated heterocycles. The third-order valence-corrected chi connectivity index (χ3v) is 6.01. The number of aromatic nitrogens is 1. The summed E-state index contributed by atoms with van der Waals surface area (Å²) in [6.45, 7) is 8.63. The van der Waals surface area contributed by atoms with Crippen LogP contribution in [0.15, 0.2) is 24.3 Å². The fourth-order valence-electron chi connectivity index (χ4n) is 4.35. The molecule has 0 bridgehead atoms. The minimum atomic E-state index is 0.129. The van der Waals surface area contributed by atoms with E-state index < -0.39 is 0 Å². The zero-order chi connectivity index (χ0) is 19.5. The molecular weight excluding hydrogens is 350 g/mol. The molecule has 2 heterocycles. The Bertz CT molecular complexity index is 825. The third-order valence-electron chi connectivity index (χ3n) is 6.01. The number of para-hydroxylation sites is 1. The van der Waals surface area contributed by atoms with E-state index in [2.05, 4.69) is 52.9 Å². The van der Waals surface area contributed by atoms with E-state index in [-0.39, 0.29) is 5.91 Å². The third kappa shape index (κ3) is 4.41. The molecule has 1 aliphatic carbocycles. The Morgan fingerprint density at radius 3 is 2.86 bits per heavy atom. The zero-order valence-corrected chi connectivity index (χ0v) is 17.2. The van der Waals surface area contributed by atoms with Crippen LogP contribution in [0.25, 0.3) is 10.9 Å². The van der Waals surface area contributed by atoms with E-state index in [1.54, 1.807) is 0 Å². The monoisotopic (exact) mass is 383 g/mol. The summed E-state index contributed by atoms with van der Waals surface area (Å²) < 4.78 is 8.21. The number of nitrogens with one attached hydrogen (secondary N) is 1. The van der Waals surface area contributed by atoms with E-state index in [4.69, 9.17) is 4.74 Å². The average molecular weight is 384 g/mol. The number of piperidine rings is 1. The van der Waals surface area contributed by atoms with Crippen LogP contribution in [0.1, 0.15) is 50.3 Å². The van der Waals surface area contributed by atoms with Gasteiger partial charge in [0, 0.05) is 42.3 Å². The zero-order valence-electron chi connectivity index (χ0n) is 17.2. The van der Waals surface area contributed by atoms with Gasteiger partial charge in [0.25, 0.3) is 0 Å². The molecule has 1 N–H and O–H groups in total. The standard InChI is InChI=1S/C23H33N3O2/c1-3-13-28-19-7-6-12-25(14-19)15-21-17(2)26(16-23(27)24-18-10-11-18)22-9-5-4-8-20(21)22/h4-5,8-9,18-19H,3,6-7,10-16H2,1-2H3,(H,24,27)/t19-/m1/s1. The molecule has 5 nitrogen and oxygen atoms in total. The highest BCUT2D eigenvalue weighted by atomic mass is 16.5. The van der Waals surface area contributed by atoms with E-state index in [1.807, 2.05) is 0 Å². The second kappa shape index (κ2) is 8.66. The van der Waals surface area contributed by atoms with Gasteiger partial charge in [0.05, 0.1) is 6.10 Å². The number of amides is 1. The Balaban J connectivity index is 1.53. The van der Waals surface area contributed by atoms with Crippen molar-refractivity contribution in [2.75, 3.05) is 19.7 Å². The molecule has 5 heteroatoms. The van der Waals surface area contributed by atoms with Crippen molar-refractivity contribution in [2.24, 2.45) is 0 Å². The van der Waals surface area contributed by atoms with Crippen molar-refractivity contribution in [1.29, 1.82) is 0 Å². The molecule has 152 valence electrons. The van der Waals surface area contributed by atoms with Crippen LogP contribution in [-0.4, -0.2) is 47.2 Å². The summed E-state index contributed by atoms with van der Waals surface area (Å²) in [6, 6.07) is 8.91. The van der Waals surface area contributed by atoms with Crippen LogP contribution in [0.3, 0.4) is 0 Å². The van der Waals surface area contributed by atoms with Gasteiger partial charge in [-0.25, -0.2) is 0 Å². The normalized spacial score (nSPS) is 20.6. The molecule has 1 amide bonds. The van der Waals surface area contributed by atoms with E-state index in [0.29, 0.717) is 18.7 Å². The van der Waals surface area contributed by atoms with E-state index in [9.17, 15) is 4.79 Å². The van der Waals surface area contributed by atoms with Gasteiger partial charge in [0.15, 0.2) is 0 Å². The van der Waals surface area contributed by atoms with Crippen LogP contribution in [0, 0.1) is 6.92 Å². The fraction of sp³-hybridized carbons (Fsp3) is 0.609. The summed E-state index contributed by atoms with van der Waals surface area (Å²) in [6.07, 6.45) is 6.03. The van der Waals surface area contributed by atoms with Gasteiger partial charge in [-0.15, -0.1) is 0 Å². The Morgan fingerprint density at radius 1 is 1.25 bits per heavy atom. The van der Waals surface area contributed by atoms with Crippen LogP contribution in [0.4, 0.5) is 0 Å². The lowest BCUT2D eigenvalue weighted by molar-refractivity contribution is -0.121. The second-order valence-electron chi connectivity index (χ2n) is 8.38. The van der Waals surface area contributed by atoms with Crippen LogP contribution in [0.2, 0.25) is 0 Å². The summed E-state index contributed by atoms with van der Waals surface area (Å²) in [4.78, 5) is 15.0. The van der Waals surface area contributed by atoms with Crippen LogP contribution in [0.5, 0.6) is 0 Å². The van der Waals surface area contributed by atoms with Crippen molar-refractivity contribution in [3.63, 3.8) is 0 Å². The highest BCUT2D eigenvalue weighted by Crippen LogP contribution is 2.28. The smallest absolute Gasteiger partial charge is 0.240 e. The van der Waals surface area contributed by atoms with Gasteiger partial charge in [-0.05, 0) is 57.2 Å². The second-order valence-corrected chi connectivity index (χ2v) is 8.38. The van der Waals surface area contributed by atoms with Gasteiger partial charge < -0.3 is 14.6 Å². The summed E-state index contributed by atoms with van der Waals surface area (Å²) >= 11 is 0. The van der Waals surface area contributed by atoms with E-state index >= 15 is 0 Å². The number of fused-ring (bicyclic) bond motifs is 1. The van der Waals surface area contributed by atoms with Crippen molar-refractivity contribution in [1.82, 2.24) is 14.8 Å². The summed E-state index contributed by atoms with van der Waals surface area (Å²) in [5.41, 5.74) is 3.73. The Labute approximate surface area is 168 Å². The lowest BCUT2D eigenvalue weighted by Crippen LogP contribution is -2.39. The number of carbonyl (C=O) groups excluding carboxylic acids is 1. The van der Waals surface area contributed by atoms with E-state index in [0.717, 1.165) is 51.0 Å². The Kier molecular flexibility index (Phi) is 6.02. The van der Waals surface area contributed by atoms with Gasteiger partial charge >= 0.3 is 0 Å². The molecule has 2 fully saturated rings. The lowest BCUT2D eigenvalue weighted by Gasteiger charge is -2.32. The molecule has 1 aliphatic heterocycles. The fourth-order valence-corrected chi connectivity index (χ4v) is 4.35. The molecule has 1 atom stereocenters. The molecular formula is C23H33N3O2. The van der Waals surface area contributed by atoms with Crippen LogP contribution < -0.4 is 5.32 Å². The number of benzene rings is 1. The first-order chi connectivity index (χ1) is 13.7. The maximum Gasteiger partial charge on any atom is 0.240 e. The number of nitrogens with zero attached hydrogens (tertiary/aromatic N) is 2. The quantitative estimate of drug-likeness (QED) is 0.757. The van der Waals surface area contributed by atoms with Gasteiger partial charge in [-0.3, -0.25) is 9.69 Å². The summed E-state index contributed by atoms with van der Waals surface area (Å²) in [5, 5.41) is 4.40. The van der Waals surface area contributed by atoms with Gasteiger partial charge in [0.2, 0.25) is 5.91 Å². The first kappa shape index (κ1) is 19.5. The van der Waals surface area contributed by atoms with Gasteiger partial charge in [-0.2, -0.15) is 0 Å². The molecule has 1 saturated carbocycles. The number of likely N-dealkylation sites (tertiary alicyclic amines) is 1. The summed E-state index contributed by atoms with van der Waals surface area (Å²) in [5.74, 6) is 0.129. The number of hydrogen-bond acceptors (Lipinski definition) is 3. The maximum absolute atomic E-state index is 12.4. The molecule has 2 aliphatic rings. The largest absolute Gasteiger partial charge is 0.377 e. The molecule has 0 radical (unpaired) electrons. The molecule has 0 spiro atoms. The molecule has 0 unspecified atom stereocenters. The minimum absolute atomic E-state index is 0.129. The van der Waals surface area contributed by atoms with Gasteiger partial charge in [-0.1, -0.05) is 25.1 Å². The summed E-state index contributed by atoms with van der Waals surface area (Å²) in [7, 11) is 0. The van der Waals surface area contributed by atoms with Crippen molar-refractivity contribution < 1.29 is 9.53 Å². The molecule has 2 aromatic rings. The molecule has 1 aromatic heterocycles. The van der Waals surface area contributed by atoms with Crippen LogP contribution in [-0.2, 0) is 22.6 Å². The number of carbonyl (C=O) groups is 1. The minimum Gasteiger partial charge on any atom is -0.377 e. The molecule has 28 heavy (non-hydrogen) atoms. The highest BCUT2D eigenvalue weighted by Gasteiger charge is 2.25. The Morgan fingerprint density at radius 2 is 2.07 bits per heavy atom.